The van der Waals surface area contributed by atoms with Crippen LogP contribution in [-0.2, 0) is 6.42 Å². The second-order valence-corrected chi connectivity index (χ2v) is 7.13. The van der Waals surface area contributed by atoms with E-state index in [9.17, 15) is 4.79 Å². The number of rotatable bonds is 6. The van der Waals surface area contributed by atoms with Gasteiger partial charge in [0.2, 0.25) is 5.95 Å². The molecule has 0 unspecified atom stereocenters. The van der Waals surface area contributed by atoms with Gasteiger partial charge in [-0.25, -0.2) is 9.97 Å². The third kappa shape index (κ3) is 4.54. The van der Waals surface area contributed by atoms with Crippen LogP contribution in [0.1, 0.15) is 35.7 Å². The van der Waals surface area contributed by atoms with Gasteiger partial charge in [0.05, 0.1) is 5.56 Å². The molecule has 2 aromatic carbocycles. The summed E-state index contributed by atoms with van der Waals surface area (Å²) in [6.45, 7) is 4.32. The highest BCUT2D eigenvalue weighted by molar-refractivity contribution is 6.04. The Bertz CT molecular complexity index is 963. The van der Waals surface area contributed by atoms with E-state index in [2.05, 4.69) is 44.6 Å². The summed E-state index contributed by atoms with van der Waals surface area (Å²) in [6, 6.07) is 16.1. The summed E-state index contributed by atoms with van der Waals surface area (Å²) in [6.07, 6.45) is 6.46. The van der Waals surface area contributed by atoms with Crippen LogP contribution in [0, 0.1) is 0 Å². The smallest absolute Gasteiger partial charge is 0.258 e. The highest BCUT2D eigenvalue weighted by atomic mass is 16.1. The molecule has 0 atom stereocenters. The van der Waals surface area contributed by atoms with Gasteiger partial charge in [-0.1, -0.05) is 25.1 Å². The minimum absolute atomic E-state index is 0.215. The monoisotopic (exact) mass is 387 g/mol. The maximum Gasteiger partial charge on any atom is 0.258 e. The van der Waals surface area contributed by atoms with Gasteiger partial charge >= 0.3 is 0 Å². The molecule has 29 heavy (non-hydrogen) atoms. The highest BCUT2D eigenvalue weighted by Gasteiger charge is 2.12. The maximum atomic E-state index is 12.5. The minimum atomic E-state index is -0.215. The molecule has 0 bridgehead atoms. The Hall–Kier alpha value is -3.41. The molecule has 2 N–H and O–H groups in total. The molecule has 1 aliphatic rings. The van der Waals surface area contributed by atoms with Gasteiger partial charge in [0.25, 0.3) is 5.91 Å². The Labute approximate surface area is 171 Å². The molecule has 1 saturated heterocycles. The molecule has 3 aromatic rings. The van der Waals surface area contributed by atoms with Crippen LogP contribution in [0.15, 0.2) is 60.9 Å². The fourth-order valence-corrected chi connectivity index (χ4v) is 3.51. The van der Waals surface area contributed by atoms with E-state index in [1.807, 2.05) is 36.4 Å². The van der Waals surface area contributed by atoms with Crippen molar-refractivity contribution in [2.75, 3.05) is 28.6 Å². The molecule has 6 nitrogen and oxygen atoms in total. The van der Waals surface area contributed by atoms with Gasteiger partial charge in [0, 0.05) is 42.5 Å². The van der Waals surface area contributed by atoms with Crippen LogP contribution >= 0.6 is 0 Å². The van der Waals surface area contributed by atoms with Crippen molar-refractivity contribution in [3.05, 3.63) is 72.1 Å². The Kier molecular flexibility index (Phi) is 5.70. The molecule has 148 valence electrons. The van der Waals surface area contributed by atoms with E-state index in [1.54, 1.807) is 0 Å². The Morgan fingerprint density at radius 1 is 1.00 bits per heavy atom. The molecule has 4 rings (SSSR count). The third-order valence-electron chi connectivity index (χ3n) is 5.16. The lowest BCUT2D eigenvalue weighted by Gasteiger charge is -2.17. The maximum absolute atomic E-state index is 12.5. The van der Waals surface area contributed by atoms with Crippen molar-refractivity contribution in [1.82, 2.24) is 9.97 Å². The quantitative estimate of drug-likeness (QED) is 0.645. The van der Waals surface area contributed by atoms with Gasteiger partial charge in [0.1, 0.15) is 0 Å². The number of benzene rings is 2. The van der Waals surface area contributed by atoms with Crippen LogP contribution < -0.4 is 15.5 Å². The van der Waals surface area contributed by atoms with Gasteiger partial charge in [-0.3, -0.25) is 4.79 Å². The summed E-state index contributed by atoms with van der Waals surface area (Å²) in [5.41, 5.74) is 4.50. The molecule has 1 amide bonds. The summed E-state index contributed by atoms with van der Waals surface area (Å²) in [7, 11) is 0. The molecule has 0 aliphatic carbocycles. The lowest BCUT2D eigenvalue weighted by atomic mass is 10.1. The molecule has 6 heteroatoms. The molecule has 1 aliphatic heterocycles. The van der Waals surface area contributed by atoms with Crippen LogP contribution in [0.5, 0.6) is 0 Å². The van der Waals surface area contributed by atoms with E-state index in [0.717, 1.165) is 36.4 Å². The van der Waals surface area contributed by atoms with Crippen molar-refractivity contribution in [2.45, 2.75) is 26.2 Å². The van der Waals surface area contributed by atoms with Crippen LogP contribution in [0.2, 0.25) is 0 Å². The fraction of sp³-hybridized carbons (Fsp3) is 0.261. The van der Waals surface area contributed by atoms with E-state index in [-0.39, 0.29) is 5.91 Å². The number of aromatic nitrogens is 2. The normalized spacial score (nSPS) is 13.3. The van der Waals surface area contributed by atoms with E-state index in [4.69, 9.17) is 0 Å². The summed E-state index contributed by atoms with van der Waals surface area (Å²) in [4.78, 5) is 23.5. The summed E-state index contributed by atoms with van der Waals surface area (Å²) >= 11 is 0. The van der Waals surface area contributed by atoms with Crippen molar-refractivity contribution < 1.29 is 4.79 Å². The van der Waals surface area contributed by atoms with E-state index in [1.165, 1.54) is 30.9 Å². The number of hydrogen-bond acceptors (Lipinski definition) is 5. The average molecular weight is 387 g/mol. The van der Waals surface area contributed by atoms with Crippen LogP contribution in [0.3, 0.4) is 0 Å². The first kappa shape index (κ1) is 18.9. The number of anilines is 4. The standard InChI is InChI=1S/C23H25N5O/c1-2-17-7-3-4-8-21(17)27-22(29)18-15-24-23(25-16-18)26-19-9-11-20(12-10-19)28-13-5-6-14-28/h3-4,7-12,15-16H,2,5-6,13-14H2,1H3,(H,27,29)(H,24,25,26). The molecule has 0 spiro atoms. The van der Waals surface area contributed by atoms with Gasteiger partial charge in [0.15, 0.2) is 0 Å². The zero-order valence-corrected chi connectivity index (χ0v) is 16.6. The second kappa shape index (κ2) is 8.73. The van der Waals surface area contributed by atoms with E-state index < -0.39 is 0 Å². The molecule has 1 fully saturated rings. The van der Waals surface area contributed by atoms with E-state index in [0.29, 0.717) is 11.5 Å². The van der Waals surface area contributed by atoms with Crippen LogP contribution in [0.25, 0.3) is 0 Å². The van der Waals surface area contributed by atoms with Gasteiger partial charge < -0.3 is 15.5 Å². The second-order valence-electron chi connectivity index (χ2n) is 7.13. The first-order valence-electron chi connectivity index (χ1n) is 10.1. The van der Waals surface area contributed by atoms with Crippen molar-refractivity contribution in [3.63, 3.8) is 0 Å². The van der Waals surface area contributed by atoms with Crippen LogP contribution in [-0.4, -0.2) is 29.0 Å². The predicted octanol–water partition coefficient (Wildman–Crippen LogP) is 4.64. The van der Waals surface area contributed by atoms with Crippen molar-refractivity contribution in [3.8, 4) is 0 Å². The fourth-order valence-electron chi connectivity index (χ4n) is 3.51. The molecule has 0 saturated carbocycles. The first-order valence-corrected chi connectivity index (χ1v) is 10.1. The Morgan fingerprint density at radius 2 is 1.69 bits per heavy atom. The predicted molar refractivity (Wildman–Crippen MR) is 117 cm³/mol. The van der Waals surface area contributed by atoms with Crippen LogP contribution in [0.4, 0.5) is 23.0 Å². The van der Waals surface area contributed by atoms with E-state index >= 15 is 0 Å². The zero-order valence-electron chi connectivity index (χ0n) is 16.6. The zero-order chi connectivity index (χ0) is 20.1. The molecular weight excluding hydrogens is 362 g/mol. The lowest BCUT2D eigenvalue weighted by Crippen LogP contribution is -2.17. The number of amides is 1. The van der Waals surface area contributed by atoms with Crippen molar-refractivity contribution in [2.24, 2.45) is 0 Å². The molecule has 0 radical (unpaired) electrons. The number of carbonyl (C=O) groups is 1. The third-order valence-corrected chi connectivity index (χ3v) is 5.16. The SMILES string of the molecule is CCc1ccccc1NC(=O)c1cnc(Nc2ccc(N3CCCC3)cc2)nc1. The number of aryl methyl sites for hydroxylation is 1. The summed E-state index contributed by atoms with van der Waals surface area (Å²) in [5, 5.41) is 6.12. The minimum Gasteiger partial charge on any atom is -0.372 e. The number of nitrogens with one attached hydrogen (secondary N) is 2. The van der Waals surface area contributed by atoms with Crippen molar-refractivity contribution in [1.29, 1.82) is 0 Å². The molecule has 2 heterocycles. The molecular formula is C23H25N5O. The Balaban J connectivity index is 1.39. The number of hydrogen-bond donors (Lipinski definition) is 2. The number of para-hydroxylation sites is 1. The largest absolute Gasteiger partial charge is 0.372 e. The average Bonchev–Trinajstić information content (AvgIpc) is 3.30. The van der Waals surface area contributed by atoms with Crippen molar-refractivity contribution >= 4 is 28.9 Å². The Morgan fingerprint density at radius 3 is 2.38 bits per heavy atom. The van der Waals surface area contributed by atoms with Gasteiger partial charge in [-0.2, -0.15) is 0 Å². The summed E-state index contributed by atoms with van der Waals surface area (Å²) in [5.74, 6) is 0.247. The lowest BCUT2D eigenvalue weighted by molar-refractivity contribution is 0.102. The van der Waals surface area contributed by atoms with Gasteiger partial charge in [-0.15, -0.1) is 0 Å². The topological polar surface area (TPSA) is 70.2 Å². The number of nitrogens with zero attached hydrogens (tertiary/aromatic N) is 3. The highest BCUT2D eigenvalue weighted by Crippen LogP contribution is 2.23. The summed E-state index contributed by atoms with van der Waals surface area (Å²) < 4.78 is 0. The number of carbonyl (C=O) groups excluding carboxylic acids is 1. The van der Waals surface area contributed by atoms with Gasteiger partial charge in [-0.05, 0) is 55.2 Å². The first-order chi connectivity index (χ1) is 14.2. The molecule has 1 aromatic heterocycles.